The highest BCUT2D eigenvalue weighted by atomic mass is 14.9. The number of anilines is 1. The molecule has 20 heavy (non-hydrogen) atoms. The Bertz CT molecular complexity index is 502. The highest BCUT2D eigenvalue weighted by Gasteiger charge is 2.22. The molecule has 3 rings (SSSR count). The molecule has 104 valence electrons. The lowest BCUT2D eigenvalue weighted by atomic mass is 10.0. The molecule has 0 saturated heterocycles. The molecule has 2 aromatic rings. The van der Waals surface area contributed by atoms with Gasteiger partial charge in [0.05, 0.1) is 0 Å². The van der Waals surface area contributed by atoms with Crippen molar-refractivity contribution in [3.05, 3.63) is 65.2 Å². The molecule has 0 aromatic heterocycles. The maximum atomic E-state index is 3.49. The third-order valence-electron chi connectivity index (χ3n) is 4.10. The molecule has 0 amide bonds. The number of rotatable bonds is 5. The van der Waals surface area contributed by atoms with Crippen molar-refractivity contribution in [2.24, 2.45) is 0 Å². The molecular weight excluding hydrogens is 242 g/mol. The van der Waals surface area contributed by atoms with Crippen molar-refractivity contribution < 1.29 is 0 Å². The van der Waals surface area contributed by atoms with Crippen LogP contribution in [-0.4, -0.2) is 0 Å². The van der Waals surface area contributed by atoms with Crippen LogP contribution >= 0.6 is 0 Å². The van der Waals surface area contributed by atoms with Gasteiger partial charge in [-0.05, 0) is 53.5 Å². The van der Waals surface area contributed by atoms with Gasteiger partial charge in [0.1, 0.15) is 0 Å². The first-order chi connectivity index (χ1) is 9.72. The Balaban J connectivity index is 1.58. The number of hydrogen-bond acceptors (Lipinski definition) is 1. The van der Waals surface area contributed by atoms with E-state index in [9.17, 15) is 0 Å². The fraction of sp³-hybridized carbons (Fsp3) is 0.368. The first-order valence-corrected chi connectivity index (χ1v) is 7.65. The van der Waals surface area contributed by atoms with E-state index in [1.54, 1.807) is 0 Å². The van der Waals surface area contributed by atoms with Gasteiger partial charge in [0.2, 0.25) is 0 Å². The van der Waals surface area contributed by atoms with Gasteiger partial charge in [-0.15, -0.1) is 0 Å². The molecule has 0 spiro atoms. The fourth-order valence-electron chi connectivity index (χ4n) is 2.51. The van der Waals surface area contributed by atoms with Crippen molar-refractivity contribution in [3.8, 4) is 0 Å². The van der Waals surface area contributed by atoms with Crippen LogP contribution in [0, 0.1) is 0 Å². The largest absolute Gasteiger partial charge is 0.381 e. The van der Waals surface area contributed by atoms with Gasteiger partial charge in [0.15, 0.2) is 0 Å². The monoisotopic (exact) mass is 265 g/mol. The van der Waals surface area contributed by atoms with E-state index in [1.165, 1.54) is 35.2 Å². The van der Waals surface area contributed by atoms with Gasteiger partial charge in [0, 0.05) is 12.2 Å². The Morgan fingerprint density at radius 3 is 2.15 bits per heavy atom. The molecule has 1 aliphatic carbocycles. The normalized spacial score (nSPS) is 14.6. The first-order valence-electron chi connectivity index (χ1n) is 7.65. The highest BCUT2D eigenvalue weighted by molar-refractivity contribution is 5.45. The minimum Gasteiger partial charge on any atom is -0.381 e. The van der Waals surface area contributed by atoms with E-state index in [0.717, 1.165) is 12.5 Å². The van der Waals surface area contributed by atoms with Crippen molar-refractivity contribution >= 4 is 5.69 Å². The summed E-state index contributed by atoms with van der Waals surface area (Å²) in [6.45, 7) is 5.35. The molecule has 1 N–H and O–H groups in total. The smallest absolute Gasteiger partial charge is 0.0400 e. The minimum atomic E-state index is 0.596. The Hall–Kier alpha value is -1.76. The maximum Gasteiger partial charge on any atom is 0.0400 e. The Morgan fingerprint density at radius 1 is 0.950 bits per heavy atom. The van der Waals surface area contributed by atoms with E-state index in [0.29, 0.717) is 5.92 Å². The van der Waals surface area contributed by atoms with Crippen molar-refractivity contribution in [1.29, 1.82) is 0 Å². The molecule has 0 aliphatic heterocycles. The van der Waals surface area contributed by atoms with Crippen LogP contribution in [0.5, 0.6) is 0 Å². The summed E-state index contributed by atoms with van der Waals surface area (Å²) < 4.78 is 0. The third-order valence-corrected chi connectivity index (χ3v) is 4.10. The molecule has 0 radical (unpaired) electrons. The van der Waals surface area contributed by atoms with E-state index in [4.69, 9.17) is 0 Å². The SMILES string of the molecule is CC(C)c1ccc(NCc2ccc(C3CC3)cc2)cc1. The lowest BCUT2D eigenvalue weighted by Crippen LogP contribution is -1.99. The van der Waals surface area contributed by atoms with Gasteiger partial charge in [-0.1, -0.05) is 50.2 Å². The zero-order chi connectivity index (χ0) is 13.9. The van der Waals surface area contributed by atoms with E-state index in [1.807, 2.05) is 0 Å². The quantitative estimate of drug-likeness (QED) is 0.773. The van der Waals surface area contributed by atoms with E-state index >= 15 is 0 Å². The summed E-state index contributed by atoms with van der Waals surface area (Å²) in [4.78, 5) is 0. The Morgan fingerprint density at radius 2 is 1.60 bits per heavy atom. The first kappa shape index (κ1) is 13.2. The van der Waals surface area contributed by atoms with Crippen LogP contribution in [0.15, 0.2) is 48.5 Å². The number of hydrogen-bond donors (Lipinski definition) is 1. The van der Waals surface area contributed by atoms with Crippen molar-refractivity contribution in [3.63, 3.8) is 0 Å². The summed E-state index contributed by atoms with van der Waals surface area (Å²) in [6, 6.07) is 17.9. The maximum absolute atomic E-state index is 3.49. The molecule has 2 aromatic carbocycles. The molecule has 0 atom stereocenters. The number of nitrogens with one attached hydrogen (secondary N) is 1. The standard InChI is InChI=1S/C19H23N/c1-14(2)16-9-11-19(12-10-16)20-13-15-3-5-17(6-4-15)18-7-8-18/h3-6,9-12,14,18,20H,7-8,13H2,1-2H3. The van der Waals surface area contributed by atoms with Crippen molar-refractivity contribution in [1.82, 2.24) is 0 Å². The molecule has 1 fully saturated rings. The zero-order valence-electron chi connectivity index (χ0n) is 12.4. The van der Waals surface area contributed by atoms with Gasteiger partial charge < -0.3 is 5.32 Å². The Kier molecular flexibility index (Phi) is 3.77. The van der Waals surface area contributed by atoms with Crippen LogP contribution in [0.2, 0.25) is 0 Å². The van der Waals surface area contributed by atoms with Crippen LogP contribution in [-0.2, 0) is 6.54 Å². The van der Waals surface area contributed by atoms with Gasteiger partial charge in [-0.2, -0.15) is 0 Å². The summed E-state index contributed by atoms with van der Waals surface area (Å²) in [7, 11) is 0. The second kappa shape index (κ2) is 5.70. The second-order valence-electron chi connectivity index (χ2n) is 6.15. The number of benzene rings is 2. The van der Waals surface area contributed by atoms with Crippen LogP contribution in [0.3, 0.4) is 0 Å². The summed E-state index contributed by atoms with van der Waals surface area (Å²) in [5, 5.41) is 3.49. The average Bonchev–Trinajstić information content (AvgIpc) is 3.31. The molecular formula is C19H23N. The van der Waals surface area contributed by atoms with Gasteiger partial charge in [0.25, 0.3) is 0 Å². The summed E-state index contributed by atoms with van der Waals surface area (Å²) in [5.41, 5.74) is 5.45. The van der Waals surface area contributed by atoms with E-state index < -0.39 is 0 Å². The zero-order valence-corrected chi connectivity index (χ0v) is 12.4. The van der Waals surface area contributed by atoms with E-state index in [-0.39, 0.29) is 0 Å². The summed E-state index contributed by atoms with van der Waals surface area (Å²) in [6.07, 6.45) is 2.75. The second-order valence-corrected chi connectivity index (χ2v) is 6.15. The molecule has 0 heterocycles. The van der Waals surface area contributed by atoms with Crippen LogP contribution < -0.4 is 5.32 Å². The fourth-order valence-corrected chi connectivity index (χ4v) is 2.51. The van der Waals surface area contributed by atoms with Gasteiger partial charge >= 0.3 is 0 Å². The third kappa shape index (κ3) is 3.22. The lowest BCUT2D eigenvalue weighted by Gasteiger charge is -2.10. The molecule has 1 aliphatic rings. The van der Waals surface area contributed by atoms with Crippen LogP contribution in [0.1, 0.15) is 55.2 Å². The van der Waals surface area contributed by atoms with E-state index in [2.05, 4.69) is 67.7 Å². The topological polar surface area (TPSA) is 12.0 Å². The molecule has 1 saturated carbocycles. The predicted molar refractivity (Wildman–Crippen MR) is 86.3 cm³/mol. The van der Waals surface area contributed by atoms with Crippen molar-refractivity contribution in [2.75, 3.05) is 5.32 Å². The van der Waals surface area contributed by atoms with Gasteiger partial charge in [-0.25, -0.2) is 0 Å². The molecule has 0 bridgehead atoms. The molecule has 1 heteroatoms. The Labute approximate surface area is 122 Å². The summed E-state index contributed by atoms with van der Waals surface area (Å²) in [5.74, 6) is 1.44. The van der Waals surface area contributed by atoms with Gasteiger partial charge in [-0.3, -0.25) is 0 Å². The highest BCUT2D eigenvalue weighted by Crippen LogP contribution is 2.39. The predicted octanol–water partition coefficient (Wildman–Crippen LogP) is 5.30. The van der Waals surface area contributed by atoms with Crippen LogP contribution in [0.4, 0.5) is 5.69 Å². The lowest BCUT2D eigenvalue weighted by molar-refractivity contribution is 0.867. The summed E-state index contributed by atoms with van der Waals surface area (Å²) >= 11 is 0. The molecule has 1 nitrogen and oxygen atoms in total. The van der Waals surface area contributed by atoms with Crippen molar-refractivity contribution in [2.45, 2.75) is 45.1 Å². The van der Waals surface area contributed by atoms with Crippen LogP contribution in [0.25, 0.3) is 0 Å². The minimum absolute atomic E-state index is 0.596. The molecule has 0 unspecified atom stereocenters. The average molecular weight is 265 g/mol.